The number of thioether (sulfide) groups is 1. The summed E-state index contributed by atoms with van der Waals surface area (Å²) in [5.74, 6) is 0. The van der Waals surface area contributed by atoms with Gasteiger partial charge in [-0.1, -0.05) is 42.5 Å². The van der Waals surface area contributed by atoms with Crippen molar-refractivity contribution in [3.05, 3.63) is 60.2 Å². The number of rotatable bonds is 3. The second kappa shape index (κ2) is 5.52. The van der Waals surface area contributed by atoms with Crippen LogP contribution in [-0.2, 0) is 0 Å². The summed E-state index contributed by atoms with van der Waals surface area (Å²) in [5.41, 5.74) is 2.15. The Morgan fingerprint density at radius 1 is 0.938 bits per heavy atom. The Balaban J connectivity index is 2.24. The summed E-state index contributed by atoms with van der Waals surface area (Å²) >= 11 is 1.72. The number of hydrogen-bond donors (Lipinski definition) is 0. The van der Waals surface area contributed by atoms with Gasteiger partial charge in [0.05, 0.1) is 5.69 Å². The van der Waals surface area contributed by atoms with E-state index in [0.717, 1.165) is 11.3 Å². The van der Waals surface area contributed by atoms with Crippen molar-refractivity contribution in [1.82, 2.24) is 0 Å². The van der Waals surface area contributed by atoms with E-state index in [4.69, 9.17) is 0 Å². The Hall–Kier alpha value is -1.54. The van der Waals surface area contributed by atoms with Crippen molar-refractivity contribution in [2.75, 3.05) is 6.26 Å². The molecule has 80 valence electrons. The summed E-state index contributed by atoms with van der Waals surface area (Å²) in [6.07, 6.45) is 3.96. The molecule has 0 spiro atoms. The lowest BCUT2D eigenvalue weighted by molar-refractivity contribution is 1.38. The number of para-hydroxylation sites is 1. The van der Waals surface area contributed by atoms with Gasteiger partial charge in [0.2, 0.25) is 0 Å². The monoisotopic (exact) mass is 227 g/mol. The fraction of sp³-hybridized carbons (Fsp3) is 0.0714. The summed E-state index contributed by atoms with van der Waals surface area (Å²) in [5, 5.41) is 0. The van der Waals surface area contributed by atoms with Gasteiger partial charge in [-0.25, -0.2) is 0 Å². The van der Waals surface area contributed by atoms with Crippen LogP contribution >= 0.6 is 11.8 Å². The standard InChI is InChI=1S/C14H13NS/c1-16-14-10-6-5-9-13(14)15-11-12-7-3-2-4-8-12/h2-11H,1H3/b15-11+. The van der Waals surface area contributed by atoms with E-state index in [2.05, 4.69) is 17.3 Å². The Bertz CT molecular complexity index is 477. The molecule has 0 aliphatic rings. The van der Waals surface area contributed by atoms with Crippen molar-refractivity contribution < 1.29 is 0 Å². The second-order valence-electron chi connectivity index (χ2n) is 3.34. The van der Waals surface area contributed by atoms with Crippen LogP contribution < -0.4 is 0 Å². The molecular formula is C14H13NS. The maximum atomic E-state index is 4.50. The zero-order valence-electron chi connectivity index (χ0n) is 9.13. The van der Waals surface area contributed by atoms with Crippen LogP contribution in [-0.4, -0.2) is 12.5 Å². The highest BCUT2D eigenvalue weighted by Crippen LogP contribution is 2.26. The quantitative estimate of drug-likeness (QED) is 0.566. The maximum Gasteiger partial charge on any atom is 0.0765 e. The normalized spacial score (nSPS) is 10.8. The predicted molar refractivity (Wildman–Crippen MR) is 71.9 cm³/mol. The summed E-state index contributed by atoms with van der Waals surface area (Å²) in [4.78, 5) is 5.70. The fourth-order valence-electron chi connectivity index (χ4n) is 1.42. The van der Waals surface area contributed by atoms with Gasteiger partial charge in [-0.3, -0.25) is 4.99 Å². The van der Waals surface area contributed by atoms with Gasteiger partial charge >= 0.3 is 0 Å². The third-order valence-electron chi connectivity index (χ3n) is 2.24. The van der Waals surface area contributed by atoms with Gasteiger partial charge in [-0.15, -0.1) is 11.8 Å². The third-order valence-corrected chi connectivity index (χ3v) is 3.02. The van der Waals surface area contributed by atoms with E-state index in [9.17, 15) is 0 Å². The minimum atomic E-state index is 1.03. The molecule has 0 unspecified atom stereocenters. The lowest BCUT2D eigenvalue weighted by Crippen LogP contribution is -1.79. The summed E-state index contributed by atoms with van der Waals surface area (Å²) in [7, 11) is 0. The van der Waals surface area contributed by atoms with Crippen LogP contribution in [0.1, 0.15) is 5.56 Å². The average molecular weight is 227 g/mol. The first-order valence-corrected chi connectivity index (χ1v) is 6.35. The number of aliphatic imine (C=N–C) groups is 1. The number of hydrogen-bond acceptors (Lipinski definition) is 2. The highest BCUT2D eigenvalue weighted by molar-refractivity contribution is 7.98. The van der Waals surface area contributed by atoms with E-state index >= 15 is 0 Å². The smallest absolute Gasteiger partial charge is 0.0765 e. The van der Waals surface area contributed by atoms with E-state index < -0.39 is 0 Å². The minimum Gasteiger partial charge on any atom is -0.255 e. The molecule has 0 heterocycles. The van der Waals surface area contributed by atoms with E-state index in [1.807, 2.05) is 54.7 Å². The molecule has 0 saturated heterocycles. The van der Waals surface area contributed by atoms with Gasteiger partial charge in [0, 0.05) is 11.1 Å². The molecule has 2 aromatic carbocycles. The lowest BCUT2D eigenvalue weighted by Gasteiger charge is -2.00. The molecule has 0 radical (unpaired) electrons. The second-order valence-corrected chi connectivity index (χ2v) is 4.19. The molecule has 0 bridgehead atoms. The molecule has 16 heavy (non-hydrogen) atoms. The largest absolute Gasteiger partial charge is 0.255 e. The molecule has 0 aliphatic heterocycles. The minimum absolute atomic E-state index is 1.03. The predicted octanol–water partition coefficient (Wildman–Crippen LogP) is 4.16. The van der Waals surface area contributed by atoms with Gasteiger partial charge in [0.15, 0.2) is 0 Å². The maximum absolute atomic E-state index is 4.50. The SMILES string of the molecule is CSc1ccccc1/N=C/c1ccccc1. The Labute approximate surface area is 100 Å². The van der Waals surface area contributed by atoms with Crippen LogP contribution in [0, 0.1) is 0 Å². The van der Waals surface area contributed by atoms with Crippen molar-refractivity contribution in [3.63, 3.8) is 0 Å². The first-order chi connectivity index (χ1) is 7.90. The number of benzene rings is 2. The van der Waals surface area contributed by atoms with E-state index in [-0.39, 0.29) is 0 Å². The molecule has 0 aliphatic carbocycles. The molecule has 0 aromatic heterocycles. The Morgan fingerprint density at radius 2 is 1.62 bits per heavy atom. The van der Waals surface area contributed by atoms with Gasteiger partial charge in [-0.05, 0) is 24.0 Å². The first kappa shape index (κ1) is 11.0. The van der Waals surface area contributed by atoms with Crippen LogP contribution in [0.3, 0.4) is 0 Å². The van der Waals surface area contributed by atoms with Gasteiger partial charge in [0.25, 0.3) is 0 Å². The summed E-state index contributed by atoms with van der Waals surface area (Å²) < 4.78 is 0. The van der Waals surface area contributed by atoms with Crippen LogP contribution in [0.25, 0.3) is 0 Å². The topological polar surface area (TPSA) is 12.4 Å². The van der Waals surface area contributed by atoms with E-state index in [1.54, 1.807) is 11.8 Å². The molecule has 0 amide bonds. The van der Waals surface area contributed by atoms with Crippen molar-refractivity contribution in [2.24, 2.45) is 4.99 Å². The third kappa shape index (κ3) is 2.74. The van der Waals surface area contributed by atoms with E-state index in [1.165, 1.54) is 4.90 Å². The zero-order chi connectivity index (χ0) is 11.2. The Morgan fingerprint density at radius 3 is 2.38 bits per heavy atom. The fourth-order valence-corrected chi connectivity index (χ4v) is 1.96. The van der Waals surface area contributed by atoms with Crippen molar-refractivity contribution in [2.45, 2.75) is 4.90 Å². The highest BCUT2D eigenvalue weighted by atomic mass is 32.2. The van der Waals surface area contributed by atoms with Crippen LogP contribution in [0.4, 0.5) is 5.69 Å². The van der Waals surface area contributed by atoms with Crippen molar-refractivity contribution >= 4 is 23.7 Å². The molecule has 2 heteroatoms. The van der Waals surface area contributed by atoms with E-state index in [0.29, 0.717) is 0 Å². The Kier molecular flexibility index (Phi) is 3.78. The molecule has 0 fully saturated rings. The number of nitrogens with zero attached hydrogens (tertiary/aromatic N) is 1. The van der Waals surface area contributed by atoms with Gasteiger partial charge < -0.3 is 0 Å². The molecular weight excluding hydrogens is 214 g/mol. The summed E-state index contributed by atoms with van der Waals surface area (Å²) in [6.45, 7) is 0. The molecule has 2 aromatic rings. The van der Waals surface area contributed by atoms with Gasteiger partial charge in [-0.2, -0.15) is 0 Å². The molecule has 0 N–H and O–H groups in total. The van der Waals surface area contributed by atoms with Crippen LogP contribution in [0.2, 0.25) is 0 Å². The molecule has 2 rings (SSSR count). The molecule has 1 nitrogen and oxygen atoms in total. The van der Waals surface area contributed by atoms with Crippen molar-refractivity contribution in [1.29, 1.82) is 0 Å². The summed E-state index contributed by atoms with van der Waals surface area (Å²) in [6, 6.07) is 18.3. The first-order valence-electron chi connectivity index (χ1n) is 5.12. The van der Waals surface area contributed by atoms with Crippen LogP contribution in [0.15, 0.2) is 64.5 Å². The molecule has 0 atom stereocenters. The zero-order valence-corrected chi connectivity index (χ0v) is 9.95. The van der Waals surface area contributed by atoms with Gasteiger partial charge in [0.1, 0.15) is 0 Å². The highest BCUT2D eigenvalue weighted by Gasteiger charge is 1.96. The lowest BCUT2D eigenvalue weighted by atomic mass is 10.2. The van der Waals surface area contributed by atoms with Crippen molar-refractivity contribution in [3.8, 4) is 0 Å². The van der Waals surface area contributed by atoms with Crippen LogP contribution in [0.5, 0.6) is 0 Å². The molecule has 0 saturated carbocycles. The average Bonchev–Trinajstić information content (AvgIpc) is 2.38.